The molecular formula is C9H13NO5S. The minimum absolute atomic E-state index is 0.139. The zero-order valence-electron chi connectivity index (χ0n) is 8.76. The second-order valence-electron chi connectivity index (χ2n) is 3.25. The number of hydrogen-bond donors (Lipinski definition) is 2. The monoisotopic (exact) mass is 247 g/mol. The van der Waals surface area contributed by atoms with Gasteiger partial charge in [-0.25, -0.2) is 13.2 Å². The van der Waals surface area contributed by atoms with Gasteiger partial charge in [-0.1, -0.05) is 0 Å². The maximum atomic E-state index is 11.2. The van der Waals surface area contributed by atoms with Gasteiger partial charge in [-0.2, -0.15) is 0 Å². The van der Waals surface area contributed by atoms with Crippen LogP contribution in [0.4, 0.5) is 0 Å². The molecule has 1 unspecified atom stereocenters. The fraction of sp³-hybridized carbons (Fsp3) is 0.556. The van der Waals surface area contributed by atoms with Crippen LogP contribution in [0.2, 0.25) is 0 Å². The van der Waals surface area contributed by atoms with E-state index in [1.165, 1.54) is 0 Å². The Bertz CT molecular complexity index is 406. The summed E-state index contributed by atoms with van der Waals surface area (Å²) in [5.41, 5.74) is 0. The predicted molar refractivity (Wildman–Crippen MR) is 57.3 cm³/mol. The highest BCUT2D eigenvalue weighted by Crippen LogP contribution is 1.94. The van der Waals surface area contributed by atoms with Gasteiger partial charge >= 0.3 is 5.97 Å². The number of carbonyl (C=O) groups excluding carboxylic acids is 1. The molecule has 0 aliphatic carbocycles. The van der Waals surface area contributed by atoms with E-state index >= 15 is 0 Å². The molecule has 0 fully saturated rings. The van der Waals surface area contributed by atoms with Crippen molar-refractivity contribution in [1.82, 2.24) is 5.32 Å². The summed E-state index contributed by atoms with van der Waals surface area (Å²) in [7, 11) is -3.24. The van der Waals surface area contributed by atoms with Crippen LogP contribution in [0.25, 0.3) is 0 Å². The third-order valence-electron chi connectivity index (χ3n) is 1.66. The van der Waals surface area contributed by atoms with Crippen LogP contribution in [0.5, 0.6) is 0 Å². The Balaban J connectivity index is 4.22. The first-order chi connectivity index (χ1) is 7.26. The molecule has 0 aromatic rings. The predicted octanol–water partition coefficient (Wildman–Crippen LogP) is -0.986. The lowest BCUT2D eigenvalue weighted by Gasteiger charge is -2.11. The molecule has 7 heteroatoms. The van der Waals surface area contributed by atoms with Gasteiger partial charge in [0.25, 0.3) is 0 Å². The number of rotatable bonds is 6. The molecule has 0 saturated heterocycles. The molecule has 1 atom stereocenters. The average molecular weight is 247 g/mol. The first-order valence-electron chi connectivity index (χ1n) is 4.39. The summed E-state index contributed by atoms with van der Waals surface area (Å²) in [6, 6.07) is -1.17. The van der Waals surface area contributed by atoms with Crippen molar-refractivity contribution in [2.75, 3.05) is 12.0 Å². The summed E-state index contributed by atoms with van der Waals surface area (Å²) < 4.78 is 21.5. The smallest absolute Gasteiger partial charge is 0.327 e. The van der Waals surface area contributed by atoms with Gasteiger partial charge in [-0.3, -0.25) is 4.79 Å². The number of sulfone groups is 1. The second-order valence-corrected chi connectivity index (χ2v) is 5.51. The SMILES string of the molecule is C#CCC(NC(=O)CCS(C)(=O)=O)C(=O)O. The fourth-order valence-corrected chi connectivity index (χ4v) is 1.42. The van der Waals surface area contributed by atoms with Gasteiger partial charge < -0.3 is 10.4 Å². The minimum Gasteiger partial charge on any atom is -0.480 e. The van der Waals surface area contributed by atoms with E-state index in [1.54, 1.807) is 0 Å². The lowest BCUT2D eigenvalue weighted by Crippen LogP contribution is -2.41. The van der Waals surface area contributed by atoms with Gasteiger partial charge in [0.15, 0.2) is 0 Å². The van der Waals surface area contributed by atoms with Crippen molar-refractivity contribution >= 4 is 21.7 Å². The number of nitrogens with one attached hydrogen (secondary N) is 1. The molecule has 6 nitrogen and oxygen atoms in total. The molecule has 0 bridgehead atoms. The number of aliphatic carboxylic acids is 1. The first-order valence-corrected chi connectivity index (χ1v) is 6.45. The van der Waals surface area contributed by atoms with Gasteiger partial charge in [0.1, 0.15) is 15.9 Å². The maximum absolute atomic E-state index is 11.2. The number of amides is 1. The Kier molecular flexibility index (Phi) is 5.53. The first kappa shape index (κ1) is 14.5. The Morgan fingerprint density at radius 2 is 2.06 bits per heavy atom. The molecule has 0 rings (SSSR count). The standard InChI is InChI=1S/C9H13NO5S/c1-3-4-7(9(12)13)10-8(11)5-6-16(2,14)15/h1,7H,4-6H2,2H3,(H,10,11)(H,12,13). The summed E-state index contributed by atoms with van der Waals surface area (Å²) in [5.74, 6) is -0.0953. The van der Waals surface area contributed by atoms with Crippen LogP contribution in [-0.4, -0.2) is 43.5 Å². The summed E-state index contributed by atoms with van der Waals surface area (Å²) in [6.07, 6.45) is 5.51. The van der Waals surface area contributed by atoms with Crippen molar-refractivity contribution in [3.05, 3.63) is 0 Å². The molecule has 0 saturated carbocycles. The molecule has 1 amide bonds. The molecule has 0 radical (unpaired) electrons. The Labute approximate surface area is 94.0 Å². The van der Waals surface area contributed by atoms with Crippen molar-refractivity contribution in [3.8, 4) is 12.3 Å². The zero-order valence-corrected chi connectivity index (χ0v) is 9.58. The molecule has 0 aromatic carbocycles. The average Bonchev–Trinajstić information content (AvgIpc) is 2.13. The molecule has 2 N–H and O–H groups in total. The molecule has 0 aliphatic heterocycles. The topological polar surface area (TPSA) is 101 Å². The molecule has 90 valence electrons. The molecule has 0 aliphatic rings. The second kappa shape index (κ2) is 6.12. The molecule has 0 spiro atoms. The van der Waals surface area contributed by atoms with Crippen molar-refractivity contribution in [2.45, 2.75) is 18.9 Å². The normalized spacial score (nSPS) is 12.5. The highest BCUT2D eigenvalue weighted by molar-refractivity contribution is 7.90. The van der Waals surface area contributed by atoms with E-state index in [-0.39, 0.29) is 18.6 Å². The zero-order chi connectivity index (χ0) is 12.8. The molecule has 16 heavy (non-hydrogen) atoms. The quantitative estimate of drug-likeness (QED) is 0.587. The Morgan fingerprint density at radius 3 is 2.44 bits per heavy atom. The van der Waals surface area contributed by atoms with Crippen LogP contribution >= 0.6 is 0 Å². The number of carbonyl (C=O) groups is 2. The summed E-state index contributed by atoms with van der Waals surface area (Å²) in [4.78, 5) is 21.8. The summed E-state index contributed by atoms with van der Waals surface area (Å²) in [6.45, 7) is 0. The van der Waals surface area contributed by atoms with Crippen LogP contribution in [0.3, 0.4) is 0 Å². The van der Waals surface area contributed by atoms with Crippen LogP contribution in [0, 0.1) is 12.3 Å². The number of carboxylic acids is 1. The van der Waals surface area contributed by atoms with Crippen LogP contribution in [0.15, 0.2) is 0 Å². The van der Waals surface area contributed by atoms with Crippen LogP contribution < -0.4 is 5.32 Å². The Morgan fingerprint density at radius 1 is 1.50 bits per heavy atom. The van der Waals surface area contributed by atoms with Crippen molar-refractivity contribution < 1.29 is 23.1 Å². The van der Waals surface area contributed by atoms with E-state index in [4.69, 9.17) is 11.5 Å². The van der Waals surface area contributed by atoms with E-state index in [0.29, 0.717) is 0 Å². The third-order valence-corrected chi connectivity index (χ3v) is 2.60. The van der Waals surface area contributed by atoms with Gasteiger partial charge in [-0.15, -0.1) is 12.3 Å². The molecular weight excluding hydrogens is 234 g/mol. The number of carboxylic acid groups (broad SMARTS) is 1. The van der Waals surface area contributed by atoms with Crippen molar-refractivity contribution in [1.29, 1.82) is 0 Å². The number of terminal acetylenes is 1. The highest BCUT2D eigenvalue weighted by Gasteiger charge is 2.19. The van der Waals surface area contributed by atoms with Gasteiger partial charge in [0.2, 0.25) is 5.91 Å². The maximum Gasteiger partial charge on any atom is 0.327 e. The molecule has 0 heterocycles. The minimum atomic E-state index is -3.24. The Hall–Kier alpha value is -1.55. The third kappa shape index (κ3) is 6.84. The molecule has 0 aromatic heterocycles. The lowest BCUT2D eigenvalue weighted by atomic mass is 10.2. The van der Waals surface area contributed by atoms with E-state index in [2.05, 4.69) is 11.2 Å². The van der Waals surface area contributed by atoms with Crippen LogP contribution in [0.1, 0.15) is 12.8 Å². The van der Waals surface area contributed by atoms with Gasteiger partial charge in [0, 0.05) is 19.1 Å². The van der Waals surface area contributed by atoms with Crippen molar-refractivity contribution in [2.24, 2.45) is 0 Å². The van der Waals surface area contributed by atoms with Gasteiger partial charge in [-0.05, 0) is 0 Å². The van der Waals surface area contributed by atoms with Crippen LogP contribution in [-0.2, 0) is 19.4 Å². The number of hydrogen-bond acceptors (Lipinski definition) is 4. The summed E-state index contributed by atoms with van der Waals surface area (Å²) >= 11 is 0. The highest BCUT2D eigenvalue weighted by atomic mass is 32.2. The van der Waals surface area contributed by atoms with Gasteiger partial charge in [0.05, 0.1) is 5.75 Å². The summed E-state index contributed by atoms with van der Waals surface area (Å²) in [5, 5.41) is 10.8. The lowest BCUT2D eigenvalue weighted by molar-refractivity contribution is -0.141. The van der Waals surface area contributed by atoms with E-state index in [1.807, 2.05) is 0 Å². The van der Waals surface area contributed by atoms with Crippen molar-refractivity contribution in [3.63, 3.8) is 0 Å². The van der Waals surface area contributed by atoms with E-state index < -0.39 is 27.8 Å². The van der Waals surface area contributed by atoms with E-state index in [0.717, 1.165) is 6.26 Å². The van der Waals surface area contributed by atoms with E-state index in [9.17, 15) is 18.0 Å². The fourth-order valence-electron chi connectivity index (χ4n) is 0.863. The largest absolute Gasteiger partial charge is 0.480 e.